The first-order chi connectivity index (χ1) is 5.11. The Labute approximate surface area is 67.2 Å². The molecule has 1 aromatic carbocycles. The van der Waals surface area contributed by atoms with Crippen molar-refractivity contribution >= 4 is 5.69 Å². The normalized spacial score (nSPS) is 13.0. The second-order valence-electron chi connectivity index (χ2n) is 2.90. The second kappa shape index (κ2) is 2.93. The number of hydrogen-bond acceptors (Lipinski definition) is 2. The number of benzene rings is 1. The predicted octanol–water partition coefficient (Wildman–Crippen LogP) is 1.60. The Hall–Kier alpha value is -1.02. The van der Waals surface area contributed by atoms with Crippen molar-refractivity contribution in [3.05, 3.63) is 29.3 Å². The Morgan fingerprint density at radius 3 is 2.45 bits per heavy atom. The lowest BCUT2D eigenvalue weighted by Gasteiger charge is -2.09. The van der Waals surface area contributed by atoms with E-state index in [1.807, 2.05) is 32.0 Å². The summed E-state index contributed by atoms with van der Waals surface area (Å²) in [6, 6.07) is 5.88. The topological polar surface area (TPSA) is 52.0 Å². The minimum atomic E-state index is 0.0681. The predicted molar refractivity (Wildman–Crippen MR) is 48.2 cm³/mol. The van der Waals surface area contributed by atoms with Gasteiger partial charge in [-0.2, -0.15) is 0 Å². The highest BCUT2D eigenvalue weighted by Gasteiger charge is 2.02. The van der Waals surface area contributed by atoms with E-state index in [-0.39, 0.29) is 6.04 Å². The van der Waals surface area contributed by atoms with Crippen molar-refractivity contribution in [2.75, 3.05) is 5.73 Å². The summed E-state index contributed by atoms with van der Waals surface area (Å²) in [6.45, 7) is 4.00. The summed E-state index contributed by atoms with van der Waals surface area (Å²) in [4.78, 5) is 0. The third-order valence-electron chi connectivity index (χ3n) is 1.79. The van der Waals surface area contributed by atoms with Gasteiger partial charge in [-0.05, 0) is 37.1 Å². The van der Waals surface area contributed by atoms with Crippen LogP contribution in [0.3, 0.4) is 0 Å². The standard InChI is InChI=1S/C9H14N2/c1-6-3-4-8(11)5-9(6)7(2)10/h3-5,7H,10-11H2,1-2H3. The zero-order valence-electron chi connectivity index (χ0n) is 6.96. The molecule has 0 heterocycles. The van der Waals surface area contributed by atoms with E-state index in [0.717, 1.165) is 11.3 Å². The molecule has 0 aliphatic carbocycles. The highest BCUT2D eigenvalue weighted by molar-refractivity contribution is 5.45. The first-order valence-electron chi connectivity index (χ1n) is 3.73. The van der Waals surface area contributed by atoms with Gasteiger partial charge in [-0.1, -0.05) is 6.07 Å². The van der Waals surface area contributed by atoms with Crippen LogP contribution < -0.4 is 11.5 Å². The number of nitrogen functional groups attached to an aromatic ring is 1. The van der Waals surface area contributed by atoms with E-state index in [1.54, 1.807) is 0 Å². The minimum absolute atomic E-state index is 0.0681. The van der Waals surface area contributed by atoms with Gasteiger partial charge in [0.1, 0.15) is 0 Å². The Balaban J connectivity index is 3.13. The van der Waals surface area contributed by atoms with Crippen LogP contribution >= 0.6 is 0 Å². The lowest BCUT2D eigenvalue weighted by Crippen LogP contribution is -2.07. The fraction of sp³-hybridized carbons (Fsp3) is 0.333. The Morgan fingerprint density at radius 2 is 2.00 bits per heavy atom. The van der Waals surface area contributed by atoms with Crippen molar-refractivity contribution in [1.82, 2.24) is 0 Å². The van der Waals surface area contributed by atoms with Crippen molar-refractivity contribution < 1.29 is 0 Å². The molecule has 0 saturated carbocycles. The summed E-state index contributed by atoms with van der Waals surface area (Å²) in [6.07, 6.45) is 0. The average Bonchev–Trinajstić information content (AvgIpc) is 1.94. The van der Waals surface area contributed by atoms with Crippen molar-refractivity contribution in [2.24, 2.45) is 5.73 Å². The monoisotopic (exact) mass is 150 g/mol. The SMILES string of the molecule is Cc1ccc(N)cc1C(C)N. The molecule has 0 spiro atoms. The molecule has 0 aliphatic rings. The minimum Gasteiger partial charge on any atom is -0.399 e. The zero-order valence-corrected chi connectivity index (χ0v) is 6.96. The number of aryl methyl sites for hydroxylation is 1. The fourth-order valence-electron chi connectivity index (χ4n) is 1.15. The molecule has 2 heteroatoms. The van der Waals surface area contributed by atoms with Crippen LogP contribution in [0.15, 0.2) is 18.2 Å². The van der Waals surface area contributed by atoms with Crippen LogP contribution in [-0.2, 0) is 0 Å². The molecule has 0 aliphatic heterocycles. The van der Waals surface area contributed by atoms with Gasteiger partial charge < -0.3 is 11.5 Å². The molecule has 0 aromatic heterocycles. The number of rotatable bonds is 1. The smallest absolute Gasteiger partial charge is 0.0317 e. The summed E-state index contributed by atoms with van der Waals surface area (Å²) in [7, 11) is 0. The molecule has 60 valence electrons. The van der Waals surface area contributed by atoms with E-state index >= 15 is 0 Å². The fourth-order valence-corrected chi connectivity index (χ4v) is 1.15. The Bertz CT molecular complexity index is 254. The van der Waals surface area contributed by atoms with Crippen LogP contribution in [0.25, 0.3) is 0 Å². The van der Waals surface area contributed by atoms with Crippen molar-refractivity contribution in [3.8, 4) is 0 Å². The van der Waals surface area contributed by atoms with Gasteiger partial charge in [0.25, 0.3) is 0 Å². The molecule has 1 atom stereocenters. The molecule has 4 N–H and O–H groups in total. The van der Waals surface area contributed by atoms with Crippen LogP contribution in [0.1, 0.15) is 24.1 Å². The molecule has 2 nitrogen and oxygen atoms in total. The first-order valence-corrected chi connectivity index (χ1v) is 3.73. The van der Waals surface area contributed by atoms with Crippen molar-refractivity contribution in [2.45, 2.75) is 19.9 Å². The first kappa shape index (κ1) is 8.08. The van der Waals surface area contributed by atoms with E-state index in [2.05, 4.69) is 0 Å². The van der Waals surface area contributed by atoms with Crippen LogP contribution in [0, 0.1) is 6.92 Å². The van der Waals surface area contributed by atoms with Crippen LogP contribution in [0.5, 0.6) is 0 Å². The van der Waals surface area contributed by atoms with Crippen LogP contribution in [0.2, 0.25) is 0 Å². The number of nitrogens with two attached hydrogens (primary N) is 2. The van der Waals surface area contributed by atoms with Gasteiger partial charge in [-0.15, -0.1) is 0 Å². The van der Waals surface area contributed by atoms with E-state index < -0.39 is 0 Å². The van der Waals surface area contributed by atoms with Gasteiger partial charge >= 0.3 is 0 Å². The molecule has 0 bridgehead atoms. The van der Waals surface area contributed by atoms with Gasteiger partial charge in [0.05, 0.1) is 0 Å². The molecular formula is C9H14N2. The van der Waals surface area contributed by atoms with Gasteiger partial charge in [0.2, 0.25) is 0 Å². The maximum atomic E-state index is 5.73. The molecule has 1 aromatic rings. The molecule has 0 saturated heterocycles. The quantitative estimate of drug-likeness (QED) is 0.597. The maximum Gasteiger partial charge on any atom is 0.0317 e. The summed E-state index contributed by atoms with van der Waals surface area (Å²) in [5.41, 5.74) is 14.5. The third kappa shape index (κ3) is 1.71. The summed E-state index contributed by atoms with van der Waals surface area (Å²) >= 11 is 0. The molecule has 1 unspecified atom stereocenters. The van der Waals surface area contributed by atoms with E-state index in [0.29, 0.717) is 0 Å². The van der Waals surface area contributed by atoms with Gasteiger partial charge in [0.15, 0.2) is 0 Å². The van der Waals surface area contributed by atoms with Gasteiger partial charge in [-0.25, -0.2) is 0 Å². The summed E-state index contributed by atoms with van der Waals surface area (Å²) in [5.74, 6) is 0. The highest BCUT2D eigenvalue weighted by atomic mass is 14.6. The van der Waals surface area contributed by atoms with E-state index in [1.165, 1.54) is 5.56 Å². The molecule has 11 heavy (non-hydrogen) atoms. The molecule has 0 amide bonds. The molecule has 0 radical (unpaired) electrons. The zero-order chi connectivity index (χ0) is 8.43. The van der Waals surface area contributed by atoms with Crippen molar-refractivity contribution in [3.63, 3.8) is 0 Å². The van der Waals surface area contributed by atoms with Gasteiger partial charge in [-0.3, -0.25) is 0 Å². The van der Waals surface area contributed by atoms with Crippen LogP contribution in [-0.4, -0.2) is 0 Å². The number of hydrogen-bond donors (Lipinski definition) is 2. The molecule has 1 rings (SSSR count). The molecule has 0 fully saturated rings. The summed E-state index contributed by atoms with van der Waals surface area (Å²) < 4.78 is 0. The molecular weight excluding hydrogens is 136 g/mol. The lowest BCUT2D eigenvalue weighted by atomic mass is 10.0. The largest absolute Gasteiger partial charge is 0.399 e. The Kier molecular flexibility index (Phi) is 2.15. The Morgan fingerprint density at radius 1 is 1.36 bits per heavy atom. The average molecular weight is 150 g/mol. The second-order valence-corrected chi connectivity index (χ2v) is 2.90. The summed E-state index contributed by atoms with van der Waals surface area (Å²) in [5, 5.41) is 0. The van der Waals surface area contributed by atoms with Crippen molar-refractivity contribution in [1.29, 1.82) is 0 Å². The van der Waals surface area contributed by atoms with E-state index in [4.69, 9.17) is 11.5 Å². The van der Waals surface area contributed by atoms with Crippen LogP contribution in [0.4, 0.5) is 5.69 Å². The highest BCUT2D eigenvalue weighted by Crippen LogP contribution is 2.17. The van der Waals surface area contributed by atoms with E-state index in [9.17, 15) is 0 Å². The number of anilines is 1. The lowest BCUT2D eigenvalue weighted by molar-refractivity contribution is 0.810. The van der Waals surface area contributed by atoms with Gasteiger partial charge in [0, 0.05) is 11.7 Å². The third-order valence-corrected chi connectivity index (χ3v) is 1.79. The maximum absolute atomic E-state index is 5.73.